The number of rotatable bonds is 3. The molecule has 0 aliphatic carbocycles. The predicted molar refractivity (Wildman–Crippen MR) is 56.3 cm³/mol. The second-order valence-electron chi connectivity index (χ2n) is 3.07. The molecule has 0 saturated heterocycles. The third-order valence-electron chi connectivity index (χ3n) is 1.96. The average Bonchev–Trinajstić information content (AvgIpc) is 2.78. The fraction of sp³-hybridized carbons (Fsp3) is 0. The zero-order valence-corrected chi connectivity index (χ0v) is 8.58. The molecule has 2 rings (SSSR count). The lowest BCUT2D eigenvalue weighted by molar-refractivity contribution is 0.0726. The highest BCUT2D eigenvalue weighted by atomic mass is 16.5. The number of pyridine rings is 1. The zero-order chi connectivity index (χ0) is 12.3. The smallest absolute Gasteiger partial charge is 0.345 e. The van der Waals surface area contributed by atoms with E-state index in [1.807, 2.05) is 0 Å². The van der Waals surface area contributed by atoms with Gasteiger partial charge in [-0.25, -0.2) is 9.78 Å². The number of H-pyrrole nitrogens is 1. The number of primary amides is 1. The van der Waals surface area contributed by atoms with Crippen LogP contribution in [0.25, 0.3) is 0 Å². The van der Waals surface area contributed by atoms with E-state index in [-0.39, 0.29) is 11.6 Å². The summed E-state index contributed by atoms with van der Waals surface area (Å²) in [4.78, 5) is 32.5. The lowest BCUT2D eigenvalue weighted by atomic mass is 10.3. The molecule has 0 unspecified atom stereocenters. The predicted octanol–water partition coefficient (Wildman–Crippen LogP) is 0.123. The van der Waals surface area contributed by atoms with Gasteiger partial charge in [0.05, 0.1) is 11.9 Å². The Bertz CT molecular complexity index is 550. The Labute approximate surface area is 95.6 Å². The molecule has 0 aromatic carbocycles. The summed E-state index contributed by atoms with van der Waals surface area (Å²) in [5, 5.41) is 0. The number of aromatic amines is 1. The average molecular weight is 232 g/mol. The number of amides is 1. The van der Waals surface area contributed by atoms with E-state index in [9.17, 15) is 9.59 Å². The molecule has 2 heterocycles. The minimum Gasteiger partial charge on any atom is -0.401 e. The number of hydrogen-bond acceptors (Lipinski definition) is 5. The number of nitrogens with two attached hydrogens (primary N) is 1. The minimum absolute atomic E-state index is 0.0487. The van der Waals surface area contributed by atoms with Crippen LogP contribution in [-0.4, -0.2) is 26.8 Å². The van der Waals surface area contributed by atoms with Gasteiger partial charge >= 0.3 is 5.97 Å². The van der Waals surface area contributed by atoms with E-state index in [1.165, 1.54) is 30.9 Å². The summed E-state index contributed by atoms with van der Waals surface area (Å²) in [6.45, 7) is 0. The first-order valence-electron chi connectivity index (χ1n) is 4.64. The number of imidazole rings is 1. The summed E-state index contributed by atoms with van der Waals surface area (Å²) >= 11 is 0. The molecule has 0 bridgehead atoms. The Morgan fingerprint density at radius 1 is 1.29 bits per heavy atom. The minimum atomic E-state index is -0.750. The monoisotopic (exact) mass is 232 g/mol. The Morgan fingerprint density at radius 3 is 2.65 bits per heavy atom. The van der Waals surface area contributed by atoms with Gasteiger partial charge in [0.1, 0.15) is 0 Å². The molecular weight excluding hydrogens is 224 g/mol. The maximum atomic E-state index is 11.6. The van der Waals surface area contributed by atoms with E-state index >= 15 is 0 Å². The van der Waals surface area contributed by atoms with Gasteiger partial charge in [-0.15, -0.1) is 0 Å². The number of nitrogens with zero attached hydrogens (tertiary/aromatic N) is 2. The van der Waals surface area contributed by atoms with Gasteiger partial charge in [-0.1, -0.05) is 0 Å². The molecule has 86 valence electrons. The molecule has 2 aromatic rings. The van der Waals surface area contributed by atoms with E-state index < -0.39 is 11.9 Å². The fourth-order valence-electron chi connectivity index (χ4n) is 1.17. The van der Waals surface area contributed by atoms with Gasteiger partial charge in [0.25, 0.3) is 11.8 Å². The first-order chi connectivity index (χ1) is 8.18. The van der Waals surface area contributed by atoms with Crippen molar-refractivity contribution in [3.63, 3.8) is 0 Å². The van der Waals surface area contributed by atoms with Crippen LogP contribution in [0.3, 0.4) is 0 Å². The standard InChI is InChI=1S/C10H8N4O3/c11-8(15)7-9(14-5-13-7)17-10(16)6-1-3-12-4-2-6/h1-5H,(H2,11,15)(H,13,14). The van der Waals surface area contributed by atoms with Crippen molar-refractivity contribution in [2.75, 3.05) is 0 Å². The van der Waals surface area contributed by atoms with Crippen molar-refractivity contribution in [1.82, 2.24) is 15.0 Å². The van der Waals surface area contributed by atoms with E-state index in [0.29, 0.717) is 5.56 Å². The van der Waals surface area contributed by atoms with Crippen molar-refractivity contribution in [1.29, 1.82) is 0 Å². The third-order valence-corrected chi connectivity index (χ3v) is 1.96. The van der Waals surface area contributed by atoms with Crippen molar-refractivity contribution in [2.24, 2.45) is 5.73 Å². The van der Waals surface area contributed by atoms with Crippen LogP contribution in [0.2, 0.25) is 0 Å². The van der Waals surface area contributed by atoms with Crippen LogP contribution in [0, 0.1) is 0 Å². The number of nitrogens with one attached hydrogen (secondary N) is 1. The summed E-state index contributed by atoms with van der Waals surface area (Å²) in [6.07, 6.45) is 4.13. The molecule has 7 nitrogen and oxygen atoms in total. The molecule has 0 aliphatic heterocycles. The normalized spacial score (nSPS) is 9.88. The second-order valence-corrected chi connectivity index (χ2v) is 3.07. The zero-order valence-electron chi connectivity index (χ0n) is 8.58. The SMILES string of the molecule is NC(=O)c1[nH]cnc1OC(=O)c1ccncc1. The first-order valence-corrected chi connectivity index (χ1v) is 4.64. The van der Waals surface area contributed by atoms with Crippen LogP contribution in [0.1, 0.15) is 20.8 Å². The highest BCUT2D eigenvalue weighted by molar-refractivity contribution is 5.96. The number of carbonyl (C=O) groups is 2. The third kappa shape index (κ3) is 2.28. The summed E-state index contributed by atoms with van der Waals surface area (Å²) in [5.41, 5.74) is 5.32. The van der Waals surface area contributed by atoms with Crippen molar-refractivity contribution in [2.45, 2.75) is 0 Å². The molecule has 2 aromatic heterocycles. The quantitative estimate of drug-likeness (QED) is 0.730. The molecule has 0 saturated carbocycles. The first kappa shape index (κ1) is 10.8. The van der Waals surface area contributed by atoms with Gasteiger partial charge in [0.2, 0.25) is 0 Å². The molecular formula is C10H8N4O3. The number of carbonyl (C=O) groups excluding carboxylic acids is 2. The number of esters is 1. The molecule has 0 atom stereocenters. The topological polar surface area (TPSA) is 111 Å². The van der Waals surface area contributed by atoms with Gasteiger partial charge in [-0.2, -0.15) is 0 Å². The number of hydrogen-bond donors (Lipinski definition) is 2. The Morgan fingerprint density at radius 2 is 2.00 bits per heavy atom. The number of aromatic nitrogens is 3. The summed E-state index contributed by atoms with van der Waals surface area (Å²) in [5.74, 6) is -1.53. The highest BCUT2D eigenvalue weighted by Gasteiger charge is 2.16. The summed E-state index contributed by atoms with van der Waals surface area (Å²) < 4.78 is 4.92. The molecule has 0 spiro atoms. The van der Waals surface area contributed by atoms with Crippen molar-refractivity contribution < 1.29 is 14.3 Å². The highest BCUT2D eigenvalue weighted by Crippen LogP contribution is 2.13. The van der Waals surface area contributed by atoms with Gasteiger partial charge in [-0.3, -0.25) is 9.78 Å². The fourth-order valence-corrected chi connectivity index (χ4v) is 1.17. The Balaban J connectivity index is 2.19. The Kier molecular flexibility index (Phi) is 2.82. The lowest BCUT2D eigenvalue weighted by Gasteiger charge is -2.01. The van der Waals surface area contributed by atoms with Crippen molar-refractivity contribution in [3.8, 4) is 5.88 Å². The lowest BCUT2D eigenvalue weighted by Crippen LogP contribution is -2.16. The van der Waals surface area contributed by atoms with Crippen LogP contribution in [0.4, 0.5) is 0 Å². The maximum Gasteiger partial charge on any atom is 0.345 e. The molecule has 0 fully saturated rings. The second kappa shape index (κ2) is 4.44. The van der Waals surface area contributed by atoms with Gasteiger partial charge in [-0.05, 0) is 12.1 Å². The van der Waals surface area contributed by atoms with E-state index in [2.05, 4.69) is 15.0 Å². The molecule has 1 amide bonds. The van der Waals surface area contributed by atoms with Crippen molar-refractivity contribution in [3.05, 3.63) is 42.1 Å². The molecule has 7 heteroatoms. The van der Waals surface area contributed by atoms with Crippen LogP contribution in [-0.2, 0) is 0 Å². The Hall–Kier alpha value is -2.70. The largest absolute Gasteiger partial charge is 0.401 e. The maximum absolute atomic E-state index is 11.6. The van der Waals surface area contributed by atoms with E-state index in [1.54, 1.807) is 0 Å². The van der Waals surface area contributed by atoms with Gasteiger partial charge < -0.3 is 15.5 Å². The van der Waals surface area contributed by atoms with Crippen LogP contribution in [0.15, 0.2) is 30.9 Å². The van der Waals surface area contributed by atoms with Crippen molar-refractivity contribution >= 4 is 11.9 Å². The van der Waals surface area contributed by atoms with Gasteiger partial charge in [0.15, 0.2) is 5.69 Å². The van der Waals surface area contributed by atoms with Crippen LogP contribution in [0.5, 0.6) is 5.88 Å². The summed E-state index contributed by atoms with van der Waals surface area (Å²) in [6, 6.07) is 2.97. The van der Waals surface area contributed by atoms with Crippen LogP contribution < -0.4 is 10.5 Å². The van der Waals surface area contributed by atoms with E-state index in [4.69, 9.17) is 10.5 Å². The molecule has 0 radical (unpaired) electrons. The molecule has 17 heavy (non-hydrogen) atoms. The van der Waals surface area contributed by atoms with E-state index in [0.717, 1.165) is 0 Å². The van der Waals surface area contributed by atoms with Crippen LogP contribution >= 0.6 is 0 Å². The molecule has 3 N–H and O–H groups in total. The van der Waals surface area contributed by atoms with Gasteiger partial charge in [0, 0.05) is 12.4 Å². The molecule has 0 aliphatic rings. The summed E-state index contributed by atoms with van der Waals surface area (Å²) in [7, 11) is 0. The number of ether oxygens (including phenoxy) is 1.